The molecule has 0 aromatic heterocycles. The first kappa shape index (κ1) is 23.7. The second kappa shape index (κ2) is 9.67. The lowest BCUT2D eigenvalue weighted by atomic mass is 10.1. The molecule has 0 saturated carbocycles. The first-order chi connectivity index (χ1) is 15.0. The Balaban J connectivity index is 1.62. The Morgan fingerprint density at radius 3 is 2.41 bits per heavy atom. The summed E-state index contributed by atoms with van der Waals surface area (Å²) in [6.45, 7) is 6.14. The largest absolute Gasteiger partial charge is 0.348 e. The molecule has 1 saturated heterocycles. The quantitative estimate of drug-likeness (QED) is 0.627. The van der Waals surface area contributed by atoms with E-state index >= 15 is 0 Å². The van der Waals surface area contributed by atoms with Gasteiger partial charge in [-0.3, -0.25) is 9.59 Å². The van der Waals surface area contributed by atoms with E-state index in [0.717, 1.165) is 24.2 Å². The van der Waals surface area contributed by atoms with Crippen LogP contribution in [0.15, 0.2) is 59.5 Å². The van der Waals surface area contributed by atoms with Crippen LogP contribution in [0.1, 0.15) is 44.7 Å². The van der Waals surface area contributed by atoms with Gasteiger partial charge in [0, 0.05) is 36.8 Å². The van der Waals surface area contributed by atoms with Crippen molar-refractivity contribution in [3.8, 4) is 0 Å². The second-order valence-electron chi connectivity index (χ2n) is 8.75. The highest BCUT2D eigenvalue weighted by atomic mass is 32.2. The van der Waals surface area contributed by atoms with E-state index in [1.807, 2.05) is 24.3 Å². The third kappa shape index (κ3) is 6.27. The van der Waals surface area contributed by atoms with Gasteiger partial charge in [-0.15, -0.1) is 0 Å². The Bertz CT molecular complexity index is 1120. The predicted octanol–water partition coefficient (Wildman–Crippen LogP) is 3.22. The summed E-state index contributed by atoms with van der Waals surface area (Å²) in [4.78, 5) is 26.0. The van der Waals surface area contributed by atoms with Crippen molar-refractivity contribution in [2.24, 2.45) is 0 Å². The van der Waals surface area contributed by atoms with Gasteiger partial charge in [0.1, 0.15) is 0 Å². The molecule has 1 aliphatic heterocycles. The summed E-state index contributed by atoms with van der Waals surface area (Å²) >= 11 is 0. The molecular formula is C24H29N3O4S. The zero-order chi connectivity index (χ0) is 23.4. The fourth-order valence-corrected chi connectivity index (χ4v) is 5.13. The van der Waals surface area contributed by atoms with Crippen LogP contribution >= 0.6 is 0 Å². The molecule has 2 aromatic rings. The van der Waals surface area contributed by atoms with Gasteiger partial charge in [0.25, 0.3) is 0 Å². The number of carbonyl (C=O) groups excluding carboxylic acids is 2. The van der Waals surface area contributed by atoms with Crippen LogP contribution in [0.25, 0.3) is 6.08 Å². The minimum Gasteiger partial charge on any atom is -0.348 e. The van der Waals surface area contributed by atoms with Crippen molar-refractivity contribution < 1.29 is 18.0 Å². The van der Waals surface area contributed by atoms with E-state index < -0.39 is 15.6 Å². The number of hydrogen-bond acceptors (Lipinski definition) is 4. The fourth-order valence-electron chi connectivity index (χ4n) is 3.47. The highest BCUT2D eigenvalue weighted by Crippen LogP contribution is 2.22. The zero-order valence-corrected chi connectivity index (χ0v) is 19.4. The topological polar surface area (TPSA) is 95.6 Å². The van der Waals surface area contributed by atoms with Crippen LogP contribution in [-0.4, -0.2) is 32.3 Å². The number of carbonyl (C=O) groups is 2. The third-order valence-electron chi connectivity index (χ3n) is 4.86. The molecule has 0 aliphatic carbocycles. The summed E-state index contributed by atoms with van der Waals surface area (Å²) in [7, 11) is -3.71. The Kier molecular flexibility index (Phi) is 7.16. The number of nitrogens with one attached hydrogen (secondary N) is 2. The highest BCUT2D eigenvalue weighted by Gasteiger charge is 2.24. The highest BCUT2D eigenvalue weighted by molar-refractivity contribution is 7.89. The average molecular weight is 456 g/mol. The molecule has 32 heavy (non-hydrogen) atoms. The number of anilines is 1. The molecule has 1 fully saturated rings. The van der Waals surface area contributed by atoms with Gasteiger partial charge in [0.05, 0.1) is 4.90 Å². The first-order valence-corrected chi connectivity index (χ1v) is 12.0. The summed E-state index contributed by atoms with van der Waals surface area (Å²) < 4.78 is 28.0. The molecule has 0 spiro atoms. The SMILES string of the molecule is CC(C)(C)NS(=O)(=O)c1ccccc1CNC(=O)/C=C/c1ccc(N2CCCC2=O)cc1. The van der Waals surface area contributed by atoms with Gasteiger partial charge in [-0.1, -0.05) is 30.3 Å². The van der Waals surface area contributed by atoms with Crippen molar-refractivity contribution in [3.63, 3.8) is 0 Å². The van der Waals surface area contributed by atoms with Crippen molar-refractivity contribution in [1.82, 2.24) is 10.0 Å². The van der Waals surface area contributed by atoms with E-state index in [0.29, 0.717) is 12.0 Å². The summed E-state index contributed by atoms with van der Waals surface area (Å²) in [5, 5.41) is 2.74. The van der Waals surface area contributed by atoms with Gasteiger partial charge < -0.3 is 10.2 Å². The van der Waals surface area contributed by atoms with E-state index in [2.05, 4.69) is 10.0 Å². The predicted molar refractivity (Wildman–Crippen MR) is 125 cm³/mol. The lowest BCUT2D eigenvalue weighted by Gasteiger charge is -2.21. The Hall–Kier alpha value is -2.97. The van der Waals surface area contributed by atoms with Crippen LogP contribution in [0, 0.1) is 0 Å². The Labute approximate surface area is 189 Å². The minimum absolute atomic E-state index is 0.0837. The molecule has 2 N–H and O–H groups in total. The molecule has 0 unspecified atom stereocenters. The van der Waals surface area contributed by atoms with Crippen molar-refractivity contribution >= 4 is 33.6 Å². The maximum absolute atomic E-state index is 12.7. The van der Waals surface area contributed by atoms with E-state index in [9.17, 15) is 18.0 Å². The van der Waals surface area contributed by atoms with Gasteiger partial charge >= 0.3 is 0 Å². The Morgan fingerprint density at radius 2 is 1.78 bits per heavy atom. The van der Waals surface area contributed by atoms with Gasteiger partial charge in [0.2, 0.25) is 21.8 Å². The molecule has 1 aliphatic rings. The average Bonchev–Trinajstić information content (AvgIpc) is 3.15. The normalized spacial score (nSPS) is 14.8. The molecule has 1 heterocycles. The molecular weight excluding hydrogens is 426 g/mol. The molecule has 2 aromatic carbocycles. The molecule has 170 valence electrons. The number of nitrogens with zero attached hydrogens (tertiary/aromatic N) is 1. The number of amides is 2. The van der Waals surface area contributed by atoms with Crippen LogP contribution in [0.5, 0.6) is 0 Å². The number of benzene rings is 2. The number of rotatable bonds is 7. The van der Waals surface area contributed by atoms with Crippen molar-refractivity contribution in [1.29, 1.82) is 0 Å². The van der Waals surface area contributed by atoms with E-state index in [1.54, 1.807) is 49.9 Å². The molecule has 0 bridgehead atoms. The van der Waals surface area contributed by atoms with Crippen LogP contribution in [0.3, 0.4) is 0 Å². The van der Waals surface area contributed by atoms with Gasteiger partial charge in [-0.05, 0) is 62.6 Å². The van der Waals surface area contributed by atoms with Gasteiger partial charge in [0.15, 0.2) is 0 Å². The van der Waals surface area contributed by atoms with Crippen molar-refractivity contribution in [2.45, 2.75) is 50.6 Å². The maximum atomic E-state index is 12.7. The van der Waals surface area contributed by atoms with Crippen LogP contribution in [0.2, 0.25) is 0 Å². The molecule has 0 radical (unpaired) electrons. The molecule has 2 amide bonds. The first-order valence-electron chi connectivity index (χ1n) is 10.5. The second-order valence-corrected chi connectivity index (χ2v) is 10.4. The standard InChI is InChI=1S/C24H29N3O4S/c1-24(2,3)26-32(30,31)21-8-5-4-7-19(21)17-25-22(28)15-12-18-10-13-20(14-11-18)27-16-6-9-23(27)29/h4-5,7-8,10-15,26H,6,9,16-17H2,1-3H3,(H,25,28)/b15-12+. The van der Waals surface area contributed by atoms with Crippen molar-refractivity contribution in [3.05, 3.63) is 65.7 Å². The number of hydrogen-bond donors (Lipinski definition) is 2. The Morgan fingerprint density at radius 1 is 1.09 bits per heavy atom. The summed E-state index contributed by atoms with van der Waals surface area (Å²) in [6, 6.07) is 14.0. The van der Waals surface area contributed by atoms with Gasteiger partial charge in [-0.2, -0.15) is 0 Å². The molecule has 0 atom stereocenters. The monoisotopic (exact) mass is 455 g/mol. The van der Waals surface area contributed by atoms with E-state index in [4.69, 9.17) is 0 Å². The minimum atomic E-state index is -3.71. The van der Waals surface area contributed by atoms with Crippen LogP contribution in [0.4, 0.5) is 5.69 Å². The lowest BCUT2D eigenvalue weighted by molar-refractivity contribution is -0.117. The molecule has 8 heteroatoms. The maximum Gasteiger partial charge on any atom is 0.244 e. The fraction of sp³-hybridized carbons (Fsp3) is 0.333. The zero-order valence-electron chi connectivity index (χ0n) is 18.6. The van der Waals surface area contributed by atoms with Crippen LogP contribution < -0.4 is 14.9 Å². The van der Waals surface area contributed by atoms with E-state index in [-0.39, 0.29) is 23.3 Å². The van der Waals surface area contributed by atoms with E-state index in [1.165, 1.54) is 12.1 Å². The van der Waals surface area contributed by atoms with Crippen molar-refractivity contribution in [2.75, 3.05) is 11.4 Å². The molecule has 3 rings (SSSR count). The summed E-state index contributed by atoms with van der Waals surface area (Å²) in [5.74, 6) is -0.201. The van der Waals surface area contributed by atoms with Gasteiger partial charge in [-0.25, -0.2) is 13.1 Å². The summed E-state index contributed by atoms with van der Waals surface area (Å²) in [5.41, 5.74) is 1.57. The lowest BCUT2D eigenvalue weighted by Crippen LogP contribution is -2.41. The number of sulfonamides is 1. The smallest absolute Gasteiger partial charge is 0.244 e. The summed E-state index contributed by atoms with van der Waals surface area (Å²) in [6.07, 6.45) is 4.53. The van der Waals surface area contributed by atoms with Crippen LogP contribution in [-0.2, 0) is 26.2 Å². The molecule has 7 nitrogen and oxygen atoms in total. The third-order valence-corrected chi connectivity index (χ3v) is 6.72.